The molecule has 1 aromatic heterocycles. The van der Waals surface area contributed by atoms with Crippen molar-refractivity contribution in [3.8, 4) is 5.75 Å². The second kappa shape index (κ2) is 10.6. The number of amides is 1. The summed E-state index contributed by atoms with van der Waals surface area (Å²) < 4.78 is 11.4. The van der Waals surface area contributed by atoms with E-state index in [1.165, 1.54) is 5.56 Å². The predicted octanol–water partition coefficient (Wildman–Crippen LogP) is 4.88. The van der Waals surface area contributed by atoms with E-state index in [2.05, 4.69) is 42.3 Å². The molecule has 1 N–H and O–H groups in total. The molecular formula is C25H30N2O3. The quantitative estimate of drug-likeness (QED) is 0.522. The fourth-order valence-electron chi connectivity index (χ4n) is 3.27. The van der Waals surface area contributed by atoms with Crippen LogP contribution in [0.4, 0.5) is 0 Å². The van der Waals surface area contributed by atoms with E-state index in [4.69, 9.17) is 9.15 Å². The zero-order chi connectivity index (χ0) is 21.3. The van der Waals surface area contributed by atoms with E-state index in [0.717, 1.165) is 23.6 Å². The second-order valence-electron chi connectivity index (χ2n) is 7.81. The van der Waals surface area contributed by atoms with Crippen LogP contribution in [0.3, 0.4) is 0 Å². The second-order valence-corrected chi connectivity index (χ2v) is 7.81. The summed E-state index contributed by atoms with van der Waals surface area (Å²) in [5.41, 5.74) is 2.33. The van der Waals surface area contributed by atoms with E-state index >= 15 is 0 Å². The van der Waals surface area contributed by atoms with Crippen molar-refractivity contribution in [2.75, 3.05) is 13.7 Å². The fraction of sp³-hybridized carbons (Fsp3) is 0.320. The van der Waals surface area contributed by atoms with Gasteiger partial charge in [-0.15, -0.1) is 0 Å². The number of para-hydroxylation sites is 1. The van der Waals surface area contributed by atoms with Crippen molar-refractivity contribution in [3.63, 3.8) is 0 Å². The number of carbonyl (C=O) groups excluding carboxylic acids is 1. The van der Waals surface area contributed by atoms with Gasteiger partial charge in [-0.1, -0.05) is 62.4 Å². The van der Waals surface area contributed by atoms with Gasteiger partial charge < -0.3 is 14.5 Å². The normalized spacial score (nSPS) is 11.1. The Morgan fingerprint density at radius 2 is 1.70 bits per heavy atom. The lowest BCUT2D eigenvalue weighted by Crippen LogP contribution is -2.27. The highest BCUT2D eigenvalue weighted by atomic mass is 16.5. The molecule has 0 atom stereocenters. The molecule has 0 bridgehead atoms. The van der Waals surface area contributed by atoms with Gasteiger partial charge in [0.2, 0.25) is 0 Å². The molecule has 0 saturated carbocycles. The minimum atomic E-state index is -0.172. The summed E-state index contributed by atoms with van der Waals surface area (Å²) >= 11 is 0. The lowest BCUT2D eigenvalue weighted by atomic mass is 10.1. The van der Waals surface area contributed by atoms with Gasteiger partial charge in [-0.05, 0) is 29.7 Å². The summed E-state index contributed by atoms with van der Waals surface area (Å²) in [4.78, 5) is 14.6. The van der Waals surface area contributed by atoms with Crippen molar-refractivity contribution in [3.05, 3.63) is 89.4 Å². The first-order valence-corrected chi connectivity index (χ1v) is 10.3. The predicted molar refractivity (Wildman–Crippen MR) is 118 cm³/mol. The van der Waals surface area contributed by atoms with E-state index in [0.29, 0.717) is 31.3 Å². The summed E-state index contributed by atoms with van der Waals surface area (Å²) in [7, 11) is 1.69. The van der Waals surface area contributed by atoms with Crippen LogP contribution >= 0.6 is 0 Å². The molecule has 5 nitrogen and oxygen atoms in total. The maximum Gasteiger partial charge on any atom is 0.287 e. The first kappa shape index (κ1) is 21.7. The number of rotatable bonds is 10. The Labute approximate surface area is 178 Å². The Morgan fingerprint density at radius 1 is 0.967 bits per heavy atom. The van der Waals surface area contributed by atoms with Gasteiger partial charge in [-0.3, -0.25) is 9.69 Å². The van der Waals surface area contributed by atoms with Crippen LogP contribution in [0.5, 0.6) is 5.75 Å². The van der Waals surface area contributed by atoms with E-state index in [9.17, 15) is 4.79 Å². The van der Waals surface area contributed by atoms with E-state index in [1.54, 1.807) is 13.2 Å². The van der Waals surface area contributed by atoms with Crippen molar-refractivity contribution in [2.24, 2.45) is 5.92 Å². The standard InChI is InChI=1S/C25H30N2O3/c1-19(2)15-26-25(28)24-14-13-22(30-24)18-27(16-20-9-5-4-6-10-20)17-21-11-7-8-12-23(21)29-3/h4-14,19H,15-18H2,1-3H3,(H,26,28). The number of nitrogens with zero attached hydrogens (tertiary/aromatic N) is 1. The molecule has 2 aromatic carbocycles. The third-order valence-electron chi connectivity index (χ3n) is 4.77. The zero-order valence-corrected chi connectivity index (χ0v) is 17.9. The van der Waals surface area contributed by atoms with Crippen molar-refractivity contribution < 1.29 is 13.9 Å². The molecule has 0 unspecified atom stereocenters. The van der Waals surface area contributed by atoms with Crippen molar-refractivity contribution in [1.82, 2.24) is 10.2 Å². The van der Waals surface area contributed by atoms with Gasteiger partial charge in [-0.25, -0.2) is 0 Å². The smallest absolute Gasteiger partial charge is 0.287 e. The lowest BCUT2D eigenvalue weighted by Gasteiger charge is -2.22. The Kier molecular flexibility index (Phi) is 7.69. The Bertz CT molecular complexity index is 934. The number of methoxy groups -OCH3 is 1. The minimum Gasteiger partial charge on any atom is -0.496 e. The molecule has 0 spiro atoms. The summed E-state index contributed by atoms with van der Waals surface area (Å²) in [6, 6.07) is 22.0. The molecule has 0 aliphatic heterocycles. The fourth-order valence-corrected chi connectivity index (χ4v) is 3.27. The van der Waals surface area contributed by atoms with Crippen LogP contribution in [0.15, 0.2) is 71.1 Å². The number of ether oxygens (including phenoxy) is 1. The number of carbonyl (C=O) groups is 1. The lowest BCUT2D eigenvalue weighted by molar-refractivity contribution is 0.0916. The zero-order valence-electron chi connectivity index (χ0n) is 17.9. The largest absolute Gasteiger partial charge is 0.496 e. The summed E-state index contributed by atoms with van der Waals surface area (Å²) in [5, 5.41) is 2.90. The minimum absolute atomic E-state index is 0.172. The Morgan fingerprint density at radius 3 is 2.43 bits per heavy atom. The van der Waals surface area contributed by atoms with Gasteiger partial charge in [0.1, 0.15) is 11.5 Å². The first-order valence-electron chi connectivity index (χ1n) is 10.3. The third-order valence-corrected chi connectivity index (χ3v) is 4.77. The van der Waals surface area contributed by atoms with Crippen molar-refractivity contribution in [2.45, 2.75) is 33.5 Å². The van der Waals surface area contributed by atoms with Crippen LogP contribution in [0, 0.1) is 5.92 Å². The molecule has 0 aliphatic carbocycles. The van der Waals surface area contributed by atoms with Crippen LogP contribution in [-0.2, 0) is 19.6 Å². The number of benzene rings is 2. The highest BCUT2D eigenvalue weighted by Gasteiger charge is 2.16. The summed E-state index contributed by atoms with van der Waals surface area (Å²) in [6.07, 6.45) is 0. The summed E-state index contributed by atoms with van der Waals surface area (Å²) in [5.74, 6) is 2.20. The average molecular weight is 407 g/mol. The molecule has 3 rings (SSSR count). The highest BCUT2D eigenvalue weighted by Crippen LogP contribution is 2.22. The molecular weight excluding hydrogens is 376 g/mol. The molecule has 0 aliphatic rings. The number of hydrogen-bond donors (Lipinski definition) is 1. The van der Waals surface area contributed by atoms with Gasteiger partial charge in [0, 0.05) is 25.2 Å². The summed E-state index contributed by atoms with van der Waals surface area (Å²) in [6.45, 7) is 6.80. The van der Waals surface area contributed by atoms with Crippen molar-refractivity contribution in [1.29, 1.82) is 0 Å². The average Bonchev–Trinajstić information content (AvgIpc) is 3.21. The van der Waals surface area contributed by atoms with Gasteiger partial charge in [0.25, 0.3) is 5.91 Å². The van der Waals surface area contributed by atoms with Gasteiger partial charge >= 0.3 is 0 Å². The maximum absolute atomic E-state index is 12.3. The molecule has 0 fully saturated rings. The molecule has 0 radical (unpaired) electrons. The monoisotopic (exact) mass is 406 g/mol. The van der Waals surface area contributed by atoms with E-state index in [-0.39, 0.29) is 5.91 Å². The van der Waals surface area contributed by atoms with Crippen LogP contribution in [-0.4, -0.2) is 24.5 Å². The van der Waals surface area contributed by atoms with Gasteiger partial charge in [0.05, 0.1) is 13.7 Å². The Hall–Kier alpha value is -3.05. The highest BCUT2D eigenvalue weighted by molar-refractivity contribution is 5.91. The van der Waals surface area contributed by atoms with Crippen molar-refractivity contribution >= 4 is 5.91 Å². The number of hydrogen-bond acceptors (Lipinski definition) is 4. The SMILES string of the molecule is COc1ccccc1CN(Cc1ccccc1)Cc1ccc(C(=O)NCC(C)C)o1. The Balaban J connectivity index is 1.75. The molecule has 5 heteroatoms. The third kappa shape index (κ3) is 6.22. The van der Waals surface area contributed by atoms with Gasteiger partial charge in [-0.2, -0.15) is 0 Å². The van der Waals surface area contributed by atoms with E-state index in [1.807, 2.05) is 42.5 Å². The molecule has 1 amide bonds. The molecule has 3 aromatic rings. The van der Waals surface area contributed by atoms with Crippen LogP contribution < -0.4 is 10.1 Å². The topological polar surface area (TPSA) is 54.7 Å². The van der Waals surface area contributed by atoms with Crippen LogP contribution in [0.1, 0.15) is 41.3 Å². The van der Waals surface area contributed by atoms with Crippen LogP contribution in [0.2, 0.25) is 0 Å². The van der Waals surface area contributed by atoms with Gasteiger partial charge in [0.15, 0.2) is 5.76 Å². The molecule has 0 saturated heterocycles. The number of nitrogens with one attached hydrogen (secondary N) is 1. The molecule has 158 valence electrons. The van der Waals surface area contributed by atoms with E-state index < -0.39 is 0 Å². The molecule has 1 heterocycles. The molecule has 30 heavy (non-hydrogen) atoms. The van der Waals surface area contributed by atoms with Crippen LogP contribution in [0.25, 0.3) is 0 Å². The maximum atomic E-state index is 12.3. The number of furan rings is 1. The first-order chi connectivity index (χ1) is 14.5.